The number of nitrogens with one attached hydrogen (secondary N) is 2. The molecule has 2 N–H and O–H groups in total. The molecule has 0 unspecified atom stereocenters. The minimum Gasteiger partial charge on any atom is -0.464 e. The van der Waals surface area contributed by atoms with Crippen molar-refractivity contribution in [3.63, 3.8) is 0 Å². The lowest BCUT2D eigenvalue weighted by Crippen LogP contribution is -2.12. The van der Waals surface area contributed by atoms with E-state index < -0.39 is 16.0 Å². The van der Waals surface area contributed by atoms with Crippen molar-refractivity contribution in [1.29, 1.82) is 0 Å². The van der Waals surface area contributed by atoms with Crippen LogP contribution in [0.15, 0.2) is 35.4 Å². The summed E-state index contributed by atoms with van der Waals surface area (Å²) < 4.78 is 41.8. The zero-order valence-corrected chi connectivity index (χ0v) is 12.3. The molecule has 22 heavy (non-hydrogen) atoms. The van der Waals surface area contributed by atoms with E-state index >= 15 is 0 Å². The first kappa shape index (κ1) is 14.3. The standard InChI is InChI=1S/C13H12N2O6S/c1-19-13(16)10-5-9(6-14-10)22(17,18)15-8-2-3-11-12(4-8)21-7-20-11/h2-6,14-15H,7H2,1H3. The molecule has 1 aromatic carbocycles. The van der Waals surface area contributed by atoms with Crippen molar-refractivity contribution in [2.75, 3.05) is 18.6 Å². The van der Waals surface area contributed by atoms with Crippen molar-refractivity contribution >= 4 is 21.7 Å². The summed E-state index contributed by atoms with van der Waals surface area (Å²) in [6.07, 6.45) is 1.21. The highest BCUT2D eigenvalue weighted by molar-refractivity contribution is 7.92. The van der Waals surface area contributed by atoms with E-state index in [1.807, 2.05) is 0 Å². The Morgan fingerprint density at radius 3 is 2.82 bits per heavy atom. The van der Waals surface area contributed by atoms with Gasteiger partial charge in [0.1, 0.15) is 10.6 Å². The molecule has 0 amide bonds. The van der Waals surface area contributed by atoms with E-state index in [4.69, 9.17) is 9.47 Å². The first-order chi connectivity index (χ1) is 10.5. The van der Waals surface area contributed by atoms with Crippen molar-refractivity contribution in [3.8, 4) is 11.5 Å². The third-order valence-corrected chi connectivity index (χ3v) is 4.36. The van der Waals surface area contributed by atoms with Crippen molar-refractivity contribution in [3.05, 3.63) is 36.2 Å². The summed E-state index contributed by atoms with van der Waals surface area (Å²) in [5.41, 5.74) is 0.374. The van der Waals surface area contributed by atoms with E-state index in [1.54, 1.807) is 12.1 Å². The number of H-pyrrole nitrogens is 1. The van der Waals surface area contributed by atoms with Gasteiger partial charge in [-0.15, -0.1) is 0 Å². The van der Waals surface area contributed by atoms with Gasteiger partial charge in [0.15, 0.2) is 11.5 Å². The van der Waals surface area contributed by atoms with Crippen LogP contribution >= 0.6 is 0 Å². The van der Waals surface area contributed by atoms with Crippen LogP contribution in [0.1, 0.15) is 10.5 Å². The number of methoxy groups -OCH3 is 1. The number of hydrogen-bond acceptors (Lipinski definition) is 6. The van der Waals surface area contributed by atoms with Gasteiger partial charge in [-0.3, -0.25) is 4.72 Å². The van der Waals surface area contributed by atoms with Gasteiger partial charge in [0.2, 0.25) is 6.79 Å². The largest absolute Gasteiger partial charge is 0.464 e. The highest BCUT2D eigenvalue weighted by Gasteiger charge is 2.20. The van der Waals surface area contributed by atoms with Gasteiger partial charge in [-0.1, -0.05) is 0 Å². The lowest BCUT2D eigenvalue weighted by atomic mass is 10.3. The number of esters is 1. The minimum atomic E-state index is -3.84. The molecule has 9 heteroatoms. The number of aromatic nitrogens is 1. The maximum atomic E-state index is 12.3. The third-order valence-electron chi connectivity index (χ3n) is 3.00. The molecule has 2 aromatic rings. The molecule has 2 heterocycles. The maximum Gasteiger partial charge on any atom is 0.354 e. The van der Waals surface area contributed by atoms with Crippen molar-refractivity contribution in [1.82, 2.24) is 4.98 Å². The zero-order chi connectivity index (χ0) is 15.7. The second kappa shape index (κ2) is 5.26. The monoisotopic (exact) mass is 324 g/mol. The first-order valence-electron chi connectivity index (χ1n) is 6.19. The molecule has 0 saturated carbocycles. The Kier molecular flexibility index (Phi) is 3.41. The lowest BCUT2D eigenvalue weighted by molar-refractivity contribution is 0.0594. The SMILES string of the molecule is COC(=O)c1cc(S(=O)(=O)Nc2ccc3c(c2)OCO3)c[nH]1. The van der Waals surface area contributed by atoms with E-state index in [2.05, 4.69) is 14.4 Å². The molecule has 3 rings (SSSR count). The molecule has 0 fully saturated rings. The average Bonchev–Trinajstić information content (AvgIpc) is 3.14. The number of rotatable bonds is 4. The van der Waals surface area contributed by atoms with Crippen LogP contribution in [-0.2, 0) is 14.8 Å². The molecule has 1 aliphatic heterocycles. The van der Waals surface area contributed by atoms with Gasteiger partial charge in [0.05, 0.1) is 12.8 Å². The van der Waals surface area contributed by atoms with Crippen LogP contribution in [-0.4, -0.2) is 33.3 Å². The van der Waals surface area contributed by atoms with Crippen molar-refractivity contribution < 1.29 is 27.4 Å². The molecule has 116 valence electrons. The number of sulfonamides is 1. The number of aromatic amines is 1. The lowest BCUT2D eigenvalue weighted by Gasteiger charge is -2.07. The summed E-state index contributed by atoms with van der Waals surface area (Å²) in [5, 5.41) is 0. The van der Waals surface area contributed by atoms with Crippen LogP contribution in [0.2, 0.25) is 0 Å². The molecule has 0 bridgehead atoms. The van der Waals surface area contributed by atoms with Crippen LogP contribution in [0.3, 0.4) is 0 Å². The average molecular weight is 324 g/mol. The topological polar surface area (TPSA) is 107 Å². The Morgan fingerprint density at radius 1 is 1.27 bits per heavy atom. The summed E-state index contributed by atoms with van der Waals surface area (Å²) >= 11 is 0. The third kappa shape index (κ3) is 2.58. The zero-order valence-electron chi connectivity index (χ0n) is 11.5. The number of carbonyl (C=O) groups excluding carboxylic acids is 1. The molecule has 0 aliphatic carbocycles. The number of benzene rings is 1. The fourth-order valence-corrected chi connectivity index (χ4v) is 2.97. The Morgan fingerprint density at radius 2 is 2.05 bits per heavy atom. The molecular formula is C13H12N2O6S. The normalized spacial score (nSPS) is 13.0. The van der Waals surface area contributed by atoms with Gasteiger partial charge < -0.3 is 19.2 Å². The molecule has 8 nitrogen and oxygen atoms in total. The highest BCUT2D eigenvalue weighted by Crippen LogP contribution is 2.34. The fourth-order valence-electron chi connectivity index (χ4n) is 1.93. The van der Waals surface area contributed by atoms with E-state index in [0.717, 1.165) is 0 Å². The van der Waals surface area contributed by atoms with Gasteiger partial charge >= 0.3 is 5.97 Å². The van der Waals surface area contributed by atoms with Crippen molar-refractivity contribution in [2.24, 2.45) is 0 Å². The minimum absolute atomic E-state index is 0.0496. The smallest absolute Gasteiger partial charge is 0.354 e. The van der Waals surface area contributed by atoms with Crippen LogP contribution in [0.5, 0.6) is 11.5 Å². The predicted molar refractivity (Wildman–Crippen MR) is 75.5 cm³/mol. The molecule has 0 atom stereocenters. The van der Waals surface area contributed by atoms with Gasteiger partial charge in [0, 0.05) is 12.3 Å². The van der Waals surface area contributed by atoms with E-state index in [-0.39, 0.29) is 17.4 Å². The maximum absolute atomic E-state index is 12.3. The number of ether oxygens (including phenoxy) is 3. The van der Waals surface area contributed by atoms with Gasteiger partial charge in [-0.25, -0.2) is 13.2 Å². The quantitative estimate of drug-likeness (QED) is 0.822. The van der Waals surface area contributed by atoms with Gasteiger partial charge in [0.25, 0.3) is 10.0 Å². The van der Waals surface area contributed by atoms with Crippen LogP contribution in [0, 0.1) is 0 Å². The number of carbonyl (C=O) groups is 1. The Labute approximate surface area is 126 Å². The fraction of sp³-hybridized carbons (Fsp3) is 0.154. The molecule has 1 aromatic heterocycles. The summed E-state index contributed by atoms with van der Waals surface area (Å²) in [6.45, 7) is 0.103. The second-order valence-corrected chi connectivity index (χ2v) is 6.10. The summed E-state index contributed by atoms with van der Waals surface area (Å²) in [7, 11) is -2.63. The van der Waals surface area contributed by atoms with Gasteiger partial charge in [-0.05, 0) is 18.2 Å². The number of fused-ring (bicyclic) bond motifs is 1. The van der Waals surface area contributed by atoms with Crippen LogP contribution in [0.4, 0.5) is 5.69 Å². The van der Waals surface area contributed by atoms with Crippen molar-refractivity contribution in [2.45, 2.75) is 4.90 Å². The summed E-state index contributed by atoms with van der Waals surface area (Å²) in [5.74, 6) is 0.367. The molecule has 0 radical (unpaired) electrons. The summed E-state index contributed by atoms with van der Waals surface area (Å²) in [6, 6.07) is 5.88. The van der Waals surface area contributed by atoms with E-state index in [0.29, 0.717) is 17.2 Å². The Hall–Kier alpha value is -2.68. The molecular weight excluding hydrogens is 312 g/mol. The Bertz CT molecular complexity index is 827. The Balaban J connectivity index is 1.84. The highest BCUT2D eigenvalue weighted by atomic mass is 32.2. The van der Waals surface area contributed by atoms with Crippen LogP contribution < -0.4 is 14.2 Å². The first-order valence-corrected chi connectivity index (χ1v) is 7.67. The predicted octanol–water partition coefficient (Wildman–Crippen LogP) is 1.33. The van der Waals surface area contributed by atoms with Gasteiger partial charge in [-0.2, -0.15) is 0 Å². The molecule has 0 saturated heterocycles. The molecule has 1 aliphatic rings. The van der Waals surface area contributed by atoms with E-state index in [9.17, 15) is 13.2 Å². The van der Waals surface area contributed by atoms with Crippen LogP contribution in [0.25, 0.3) is 0 Å². The number of anilines is 1. The van der Waals surface area contributed by atoms with E-state index in [1.165, 1.54) is 25.4 Å². The summed E-state index contributed by atoms with van der Waals surface area (Å²) in [4.78, 5) is 13.8. The molecule has 0 spiro atoms. The number of hydrogen-bond donors (Lipinski definition) is 2. The second-order valence-electron chi connectivity index (χ2n) is 4.41.